The molecule has 0 aromatic carbocycles. The summed E-state index contributed by atoms with van der Waals surface area (Å²) in [5.74, 6) is 0. The van der Waals surface area contributed by atoms with Crippen LogP contribution in [0.2, 0.25) is 18.1 Å². The Morgan fingerprint density at radius 1 is 1.22 bits per heavy atom. The van der Waals surface area contributed by atoms with E-state index in [0.29, 0.717) is 12.6 Å². The third kappa shape index (κ3) is 4.97. The lowest BCUT2D eigenvalue weighted by Crippen LogP contribution is -2.48. The van der Waals surface area contributed by atoms with Gasteiger partial charge in [-0.05, 0) is 18.1 Å². The number of hydrogen-bond acceptors (Lipinski definition) is 5. The highest BCUT2D eigenvalue weighted by atomic mass is 28.4. The lowest BCUT2D eigenvalue weighted by Gasteiger charge is -2.39. The topological polar surface area (TPSA) is 61.8 Å². The molecule has 0 saturated carbocycles. The van der Waals surface area contributed by atoms with Crippen molar-refractivity contribution >= 4 is 20.9 Å². The first kappa shape index (κ1) is 17.4. The van der Waals surface area contributed by atoms with Crippen molar-refractivity contribution in [3.8, 4) is 0 Å². The van der Waals surface area contributed by atoms with Crippen molar-refractivity contribution in [3.63, 3.8) is 0 Å². The van der Waals surface area contributed by atoms with E-state index in [-0.39, 0.29) is 11.6 Å². The van der Waals surface area contributed by atoms with Crippen LogP contribution in [0, 0.1) is 0 Å². The molecule has 0 radical (unpaired) electrons. The van der Waals surface area contributed by atoms with Gasteiger partial charge in [0.2, 0.25) is 0 Å². The van der Waals surface area contributed by atoms with Gasteiger partial charge in [0.25, 0.3) is 0 Å². The van der Waals surface area contributed by atoms with E-state index in [0.717, 1.165) is 0 Å². The molecule has 2 atom stereocenters. The molecule has 0 saturated heterocycles. The number of ether oxygens (including phenoxy) is 2. The molecule has 0 bridgehead atoms. The van der Waals surface area contributed by atoms with Gasteiger partial charge in [0.05, 0.1) is 0 Å². The van der Waals surface area contributed by atoms with Gasteiger partial charge < -0.3 is 23.5 Å². The molecule has 5 nitrogen and oxygen atoms in total. The predicted octanol–water partition coefficient (Wildman–Crippen LogP) is 1.76. The Kier molecular flexibility index (Phi) is 6.91. The first-order valence-corrected chi connectivity index (χ1v) is 8.81. The Morgan fingerprint density at radius 3 is 2.11 bits per heavy atom. The fourth-order valence-corrected chi connectivity index (χ4v) is 2.30. The maximum Gasteiger partial charge on any atom is 0.193 e. The van der Waals surface area contributed by atoms with Crippen LogP contribution >= 0.6 is 0 Å². The maximum atomic E-state index is 11.1. The Balaban J connectivity index is 4.76. The molecule has 6 heteroatoms. The SMILES string of the molecule is CO[C@H](OCC=O)[C@H](C=O)O[Si](C)(C)C(C)(C)C. The van der Waals surface area contributed by atoms with Crippen molar-refractivity contribution in [2.45, 2.75) is 51.3 Å². The summed E-state index contributed by atoms with van der Waals surface area (Å²) in [5, 5.41) is -0.0167. The summed E-state index contributed by atoms with van der Waals surface area (Å²) in [6, 6.07) is 0. The summed E-state index contributed by atoms with van der Waals surface area (Å²) in [7, 11) is -0.669. The molecule has 0 fully saturated rings. The minimum Gasteiger partial charge on any atom is -0.403 e. The van der Waals surface area contributed by atoms with Gasteiger partial charge in [0.15, 0.2) is 27.0 Å². The monoisotopic (exact) mass is 276 g/mol. The molecule has 0 unspecified atom stereocenters. The van der Waals surface area contributed by atoms with Crippen molar-refractivity contribution in [3.05, 3.63) is 0 Å². The van der Waals surface area contributed by atoms with Crippen LogP contribution in [0.4, 0.5) is 0 Å². The second-order valence-electron chi connectivity index (χ2n) is 5.58. The molecular formula is C12H24O5Si. The molecule has 106 valence electrons. The average molecular weight is 276 g/mol. The smallest absolute Gasteiger partial charge is 0.193 e. The van der Waals surface area contributed by atoms with E-state index >= 15 is 0 Å². The molecule has 0 N–H and O–H groups in total. The number of aldehydes is 2. The van der Waals surface area contributed by atoms with Crippen LogP contribution in [0.5, 0.6) is 0 Å². The lowest BCUT2D eigenvalue weighted by molar-refractivity contribution is -0.175. The van der Waals surface area contributed by atoms with Crippen LogP contribution in [-0.4, -0.2) is 47.0 Å². The van der Waals surface area contributed by atoms with Crippen LogP contribution in [0.15, 0.2) is 0 Å². The zero-order valence-corrected chi connectivity index (χ0v) is 13.1. The summed E-state index contributed by atoms with van der Waals surface area (Å²) in [4.78, 5) is 21.4. The first-order chi connectivity index (χ1) is 8.19. The molecule has 18 heavy (non-hydrogen) atoms. The number of rotatable bonds is 8. The molecule has 0 spiro atoms. The lowest BCUT2D eigenvalue weighted by atomic mass is 10.2. The van der Waals surface area contributed by atoms with Gasteiger partial charge in [0, 0.05) is 7.11 Å². The van der Waals surface area contributed by atoms with E-state index in [1.165, 1.54) is 7.11 Å². The molecule has 0 aliphatic carbocycles. The van der Waals surface area contributed by atoms with Crippen molar-refractivity contribution in [2.24, 2.45) is 0 Å². The van der Waals surface area contributed by atoms with E-state index in [4.69, 9.17) is 13.9 Å². The minimum absolute atomic E-state index is 0.0167. The van der Waals surface area contributed by atoms with Crippen molar-refractivity contribution in [2.75, 3.05) is 13.7 Å². The molecule has 0 aromatic rings. The summed E-state index contributed by atoms with van der Waals surface area (Å²) >= 11 is 0. The van der Waals surface area contributed by atoms with Crippen LogP contribution in [0.1, 0.15) is 20.8 Å². The molecular weight excluding hydrogens is 252 g/mol. The van der Waals surface area contributed by atoms with E-state index in [1.54, 1.807) is 0 Å². The number of carbonyl (C=O) groups is 2. The third-order valence-electron chi connectivity index (χ3n) is 3.20. The largest absolute Gasteiger partial charge is 0.403 e. The van der Waals surface area contributed by atoms with Crippen molar-refractivity contribution < 1.29 is 23.5 Å². The van der Waals surface area contributed by atoms with Gasteiger partial charge in [-0.3, -0.25) is 0 Å². The van der Waals surface area contributed by atoms with Gasteiger partial charge in [-0.2, -0.15) is 0 Å². The predicted molar refractivity (Wildman–Crippen MR) is 70.9 cm³/mol. The van der Waals surface area contributed by atoms with E-state index in [9.17, 15) is 9.59 Å². The van der Waals surface area contributed by atoms with Gasteiger partial charge in [-0.15, -0.1) is 0 Å². The van der Waals surface area contributed by atoms with Crippen LogP contribution in [0.25, 0.3) is 0 Å². The summed E-state index contributed by atoms with van der Waals surface area (Å²) in [6.45, 7) is 10.2. The summed E-state index contributed by atoms with van der Waals surface area (Å²) in [5.41, 5.74) is 0. The third-order valence-corrected chi connectivity index (χ3v) is 7.67. The van der Waals surface area contributed by atoms with Crippen molar-refractivity contribution in [1.29, 1.82) is 0 Å². The van der Waals surface area contributed by atoms with E-state index in [2.05, 4.69) is 20.8 Å². The highest BCUT2D eigenvalue weighted by molar-refractivity contribution is 6.74. The highest BCUT2D eigenvalue weighted by Crippen LogP contribution is 2.37. The summed E-state index contributed by atoms with van der Waals surface area (Å²) < 4.78 is 16.1. The number of carbonyl (C=O) groups excluding carboxylic acids is 2. The normalized spacial score (nSPS) is 16.1. The van der Waals surface area contributed by atoms with E-state index < -0.39 is 20.7 Å². The zero-order chi connectivity index (χ0) is 14.4. The van der Waals surface area contributed by atoms with Crippen LogP contribution < -0.4 is 0 Å². The molecule has 0 amide bonds. The second-order valence-corrected chi connectivity index (χ2v) is 10.3. The average Bonchev–Trinajstić information content (AvgIpc) is 2.26. The fourth-order valence-electron chi connectivity index (χ4n) is 1.10. The summed E-state index contributed by atoms with van der Waals surface area (Å²) in [6.07, 6.45) is -0.377. The highest BCUT2D eigenvalue weighted by Gasteiger charge is 2.41. The Bertz CT molecular complexity index is 272. The van der Waals surface area contributed by atoms with Gasteiger partial charge >= 0.3 is 0 Å². The number of methoxy groups -OCH3 is 1. The molecule has 0 aromatic heterocycles. The Hall–Kier alpha value is -0.563. The molecule has 0 rings (SSSR count). The molecule has 0 aliphatic heterocycles. The maximum absolute atomic E-state index is 11.1. The Morgan fingerprint density at radius 2 is 1.78 bits per heavy atom. The standard InChI is InChI=1S/C12H24O5Si/c1-12(2,3)18(5,6)17-10(9-14)11(15-4)16-8-7-13/h7,9-11H,8H2,1-6H3/t10-,11+/m0/s1. The fraction of sp³-hybridized carbons (Fsp3) is 0.833. The molecule has 0 heterocycles. The first-order valence-electron chi connectivity index (χ1n) is 5.90. The van der Waals surface area contributed by atoms with Gasteiger partial charge in [-0.25, -0.2) is 0 Å². The second kappa shape index (κ2) is 7.13. The van der Waals surface area contributed by atoms with Gasteiger partial charge in [-0.1, -0.05) is 20.8 Å². The quantitative estimate of drug-likeness (QED) is 0.384. The van der Waals surface area contributed by atoms with Crippen molar-refractivity contribution in [1.82, 2.24) is 0 Å². The number of hydrogen-bond donors (Lipinski definition) is 0. The minimum atomic E-state index is -2.09. The van der Waals surface area contributed by atoms with Gasteiger partial charge in [0.1, 0.15) is 12.9 Å². The Labute approximate surface area is 110 Å². The van der Waals surface area contributed by atoms with Crippen LogP contribution in [-0.2, 0) is 23.5 Å². The van der Waals surface area contributed by atoms with E-state index in [1.807, 2.05) is 13.1 Å². The van der Waals surface area contributed by atoms with Crippen LogP contribution in [0.3, 0.4) is 0 Å². The zero-order valence-electron chi connectivity index (χ0n) is 12.1. The molecule has 0 aliphatic rings.